The van der Waals surface area contributed by atoms with Crippen LogP contribution in [0.1, 0.15) is 38.5 Å². The third kappa shape index (κ3) is 2.66. The Bertz CT molecular complexity index is 323. The predicted molar refractivity (Wildman–Crippen MR) is 78.0 cm³/mol. The Kier molecular flexibility index (Phi) is 3.82. The standard InChI is InChI=1S/C15H25NO2S/c1-19-9-14(18)16-8-13(17)15-5-10-2-11(6-15)4-12(3-10)7-15/h10-13,17H,2-9H2,1H3,(H,16,18). The van der Waals surface area contributed by atoms with E-state index in [1.54, 1.807) is 0 Å². The van der Waals surface area contributed by atoms with Crippen molar-refractivity contribution >= 4 is 17.7 Å². The minimum Gasteiger partial charge on any atom is -0.391 e. The molecular weight excluding hydrogens is 258 g/mol. The van der Waals surface area contributed by atoms with Gasteiger partial charge in [-0.2, -0.15) is 11.8 Å². The molecule has 0 aromatic rings. The minimum atomic E-state index is -0.341. The van der Waals surface area contributed by atoms with E-state index < -0.39 is 0 Å². The second kappa shape index (κ2) is 5.28. The van der Waals surface area contributed by atoms with Crippen molar-refractivity contribution in [2.45, 2.75) is 44.6 Å². The topological polar surface area (TPSA) is 49.3 Å². The average Bonchev–Trinajstić information content (AvgIpc) is 2.34. The van der Waals surface area contributed by atoms with Crippen LogP contribution in [0.25, 0.3) is 0 Å². The van der Waals surface area contributed by atoms with Crippen molar-refractivity contribution in [3.05, 3.63) is 0 Å². The van der Waals surface area contributed by atoms with Crippen molar-refractivity contribution in [1.82, 2.24) is 5.32 Å². The number of thioether (sulfide) groups is 1. The lowest BCUT2D eigenvalue weighted by atomic mass is 9.48. The Morgan fingerprint density at radius 2 is 1.79 bits per heavy atom. The molecule has 1 atom stereocenters. The SMILES string of the molecule is CSCC(=O)NCC(O)C12CC3CC(CC(C3)C1)C2. The highest BCUT2D eigenvalue weighted by Gasteiger charge is 2.53. The second-order valence-electron chi connectivity index (χ2n) is 7.03. The molecule has 4 fully saturated rings. The van der Waals surface area contributed by atoms with E-state index in [0.717, 1.165) is 17.8 Å². The molecule has 2 N–H and O–H groups in total. The molecule has 0 spiro atoms. The van der Waals surface area contributed by atoms with Crippen LogP contribution in [0.5, 0.6) is 0 Å². The number of hydrogen-bond acceptors (Lipinski definition) is 3. The van der Waals surface area contributed by atoms with Crippen LogP contribution in [0, 0.1) is 23.2 Å². The molecular formula is C15H25NO2S. The highest BCUT2D eigenvalue weighted by atomic mass is 32.2. The summed E-state index contributed by atoms with van der Waals surface area (Å²) in [7, 11) is 0. The lowest BCUT2D eigenvalue weighted by Crippen LogP contribution is -2.54. The van der Waals surface area contributed by atoms with Gasteiger partial charge in [-0.25, -0.2) is 0 Å². The summed E-state index contributed by atoms with van der Waals surface area (Å²) < 4.78 is 0. The lowest BCUT2D eigenvalue weighted by Gasteiger charge is -2.58. The molecule has 3 nitrogen and oxygen atoms in total. The Morgan fingerprint density at radius 1 is 1.26 bits per heavy atom. The van der Waals surface area contributed by atoms with E-state index in [0.29, 0.717) is 12.3 Å². The molecule has 4 rings (SSSR count). The predicted octanol–water partition coefficient (Wildman–Crippen LogP) is 2.04. The fourth-order valence-corrected chi connectivity index (χ4v) is 5.56. The van der Waals surface area contributed by atoms with Crippen LogP contribution < -0.4 is 5.32 Å². The van der Waals surface area contributed by atoms with E-state index in [1.165, 1.54) is 50.3 Å². The van der Waals surface area contributed by atoms with Gasteiger partial charge in [0.05, 0.1) is 11.9 Å². The molecule has 0 aromatic carbocycles. The number of carbonyl (C=O) groups excluding carboxylic acids is 1. The highest BCUT2D eigenvalue weighted by molar-refractivity contribution is 7.99. The second-order valence-corrected chi connectivity index (χ2v) is 7.90. The molecule has 4 bridgehead atoms. The van der Waals surface area contributed by atoms with E-state index in [-0.39, 0.29) is 17.4 Å². The quantitative estimate of drug-likeness (QED) is 0.812. The summed E-state index contributed by atoms with van der Waals surface area (Å²) in [6.45, 7) is 0.450. The summed E-state index contributed by atoms with van der Waals surface area (Å²) >= 11 is 1.53. The van der Waals surface area contributed by atoms with Crippen LogP contribution in [-0.2, 0) is 4.79 Å². The van der Waals surface area contributed by atoms with Crippen molar-refractivity contribution in [1.29, 1.82) is 0 Å². The summed E-state index contributed by atoms with van der Waals surface area (Å²) in [6.07, 6.45) is 9.34. The molecule has 4 heteroatoms. The first kappa shape index (κ1) is 13.7. The molecule has 1 unspecified atom stereocenters. The minimum absolute atomic E-state index is 0.0521. The first-order valence-corrected chi connectivity index (χ1v) is 8.94. The zero-order valence-corrected chi connectivity index (χ0v) is 12.5. The van der Waals surface area contributed by atoms with Crippen LogP contribution in [0.2, 0.25) is 0 Å². The maximum atomic E-state index is 11.5. The zero-order valence-electron chi connectivity index (χ0n) is 11.7. The molecule has 0 heterocycles. The summed E-state index contributed by atoms with van der Waals surface area (Å²) in [5.74, 6) is 3.10. The summed E-state index contributed by atoms with van der Waals surface area (Å²) in [5.41, 5.74) is 0.126. The molecule has 19 heavy (non-hydrogen) atoms. The van der Waals surface area contributed by atoms with Gasteiger partial charge in [0, 0.05) is 6.54 Å². The number of aliphatic hydroxyl groups excluding tert-OH is 1. The number of hydrogen-bond donors (Lipinski definition) is 2. The molecule has 0 aromatic heterocycles. The number of nitrogens with one attached hydrogen (secondary N) is 1. The monoisotopic (exact) mass is 283 g/mol. The van der Waals surface area contributed by atoms with Gasteiger partial charge in [-0.3, -0.25) is 4.79 Å². The molecule has 4 aliphatic carbocycles. The van der Waals surface area contributed by atoms with E-state index in [2.05, 4.69) is 5.32 Å². The number of aliphatic hydroxyl groups is 1. The van der Waals surface area contributed by atoms with Gasteiger partial charge in [0.1, 0.15) is 0 Å². The van der Waals surface area contributed by atoms with Crippen LogP contribution in [0.4, 0.5) is 0 Å². The van der Waals surface area contributed by atoms with Crippen molar-refractivity contribution in [3.63, 3.8) is 0 Å². The molecule has 0 saturated heterocycles. The van der Waals surface area contributed by atoms with Gasteiger partial charge in [-0.05, 0) is 67.9 Å². The Morgan fingerprint density at radius 3 is 2.26 bits per heavy atom. The highest BCUT2D eigenvalue weighted by Crippen LogP contribution is 2.61. The first-order valence-electron chi connectivity index (χ1n) is 7.55. The van der Waals surface area contributed by atoms with Crippen molar-refractivity contribution in [2.75, 3.05) is 18.6 Å². The normalized spacial score (nSPS) is 41.3. The van der Waals surface area contributed by atoms with Gasteiger partial charge in [0.2, 0.25) is 5.91 Å². The summed E-state index contributed by atoms with van der Waals surface area (Å²) in [4.78, 5) is 11.5. The van der Waals surface area contributed by atoms with Crippen LogP contribution in [-0.4, -0.2) is 35.7 Å². The van der Waals surface area contributed by atoms with Crippen LogP contribution in [0.3, 0.4) is 0 Å². The molecule has 0 aliphatic heterocycles. The maximum absolute atomic E-state index is 11.5. The van der Waals surface area contributed by atoms with Gasteiger partial charge in [-0.1, -0.05) is 0 Å². The first-order chi connectivity index (χ1) is 9.11. The third-order valence-corrected chi connectivity index (χ3v) is 6.11. The van der Waals surface area contributed by atoms with Gasteiger partial charge in [0.25, 0.3) is 0 Å². The fourth-order valence-electron chi connectivity index (χ4n) is 5.19. The molecule has 1 amide bonds. The van der Waals surface area contributed by atoms with Crippen molar-refractivity contribution in [2.24, 2.45) is 23.2 Å². The summed E-state index contributed by atoms with van der Waals surface area (Å²) in [5, 5.41) is 13.5. The smallest absolute Gasteiger partial charge is 0.230 e. The molecule has 108 valence electrons. The van der Waals surface area contributed by atoms with Crippen LogP contribution >= 0.6 is 11.8 Å². The van der Waals surface area contributed by atoms with Crippen molar-refractivity contribution in [3.8, 4) is 0 Å². The fraction of sp³-hybridized carbons (Fsp3) is 0.933. The van der Waals surface area contributed by atoms with Gasteiger partial charge >= 0.3 is 0 Å². The van der Waals surface area contributed by atoms with E-state index in [4.69, 9.17) is 0 Å². The Labute approximate surface area is 119 Å². The van der Waals surface area contributed by atoms with Gasteiger partial charge in [0.15, 0.2) is 0 Å². The maximum Gasteiger partial charge on any atom is 0.230 e. The number of amides is 1. The van der Waals surface area contributed by atoms with Gasteiger partial charge < -0.3 is 10.4 Å². The Balaban J connectivity index is 1.60. The van der Waals surface area contributed by atoms with E-state index in [9.17, 15) is 9.90 Å². The zero-order chi connectivity index (χ0) is 13.5. The largest absolute Gasteiger partial charge is 0.391 e. The van der Waals surface area contributed by atoms with Crippen LogP contribution in [0.15, 0.2) is 0 Å². The third-order valence-electron chi connectivity index (χ3n) is 5.56. The molecule has 4 aliphatic rings. The average molecular weight is 283 g/mol. The van der Waals surface area contributed by atoms with Gasteiger partial charge in [-0.15, -0.1) is 0 Å². The van der Waals surface area contributed by atoms with E-state index >= 15 is 0 Å². The number of carbonyl (C=O) groups is 1. The lowest BCUT2D eigenvalue weighted by molar-refractivity contribution is -0.127. The molecule has 0 radical (unpaired) electrons. The Hall–Kier alpha value is -0.220. The molecule has 4 saturated carbocycles. The van der Waals surface area contributed by atoms with E-state index in [1.807, 2.05) is 6.26 Å². The van der Waals surface area contributed by atoms with Crippen molar-refractivity contribution < 1.29 is 9.90 Å². The summed E-state index contributed by atoms with van der Waals surface area (Å²) in [6, 6.07) is 0. The number of rotatable bonds is 5.